The number of nitrogens with one attached hydrogen (secondary N) is 1. The molecule has 9 heteroatoms. The van der Waals surface area contributed by atoms with Gasteiger partial charge in [-0.3, -0.25) is 9.59 Å². The first-order valence-corrected chi connectivity index (χ1v) is 12.0. The second-order valence-corrected chi connectivity index (χ2v) is 10.1. The molecule has 1 aromatic rings. The van der Waals surface area contributed by atoms with Crippen LogP contribution in [0.2, 0.25) is 0 Å². The summed E-state index contributed by atoms with van der Waals surface area (Å²) in [5.74, 6) is 0.0629. The van der Waals surface area contributed by atoms with Gasteiger partial charge in [-0.15, -0.1) is 0 Å². The van der Waals surface area contributed by atoms with Gasteiger partial charge in [-0.2, -0.15) is 4.31 Å². The fraction of sp³-hybridized carbons (Fsp3) is 0.619. The number of fused-ring (bicyclic) bond motifs is 1. The normalized spacial score (nSPS) is 20.3. The van der Waals surface area contributed by atoms with Gasteiger partial charge in [-0.25, -0.2) is 8.42 Å². The lowest BCUT2D eigenvalue weighted by Crippen LogP contribution is -2.43. The fourth-order valence-corrected chi connectivity index (χ4v) is 5.61. The number of anilines is 1. The Morgan fingerprint density at radius 2 is 1.97 bits per heavy atom. The van der Waals surface area contributed by atoms with Crippen molar-refractivity contribution in [2.24, 2.45) is 5.92 Å². The van der Waals surface area contributed by atoms with Gasteiger partial charge in [0, 0.05) is 38.7 Å². The van der Waals surface area contributed by atoms with Crippen molar-refractivity contribution in [1.29, 1.82) is 0 Å². The molecule has 1 fully saturated rings. The topological polar surface area (TPSA) is 96.0 Å². The minimum Gasteiger partial charge on any atom is -0.479 e. The second-order valence-electron chi connectivity index (χ2n) is 8.15. The van der Waals surface area contributed by atoms with E-state index in [0.29, 0.717) is 42.9 Å². The molecule has 166 valence electrons. The van der Waals surface area contributed by atoms with Crippen LogP contribution in [0.25, 0.3) is 0 Å². The van der Waals surface area contributed by atoms with Crippen LogP contribution in [-0.2, 0) is 19.6 Å². The summed E-state index contributed by atoms with van der Waals surface area (Å²) in [6.45, 7) is 6.76. The van der Waals surface area contributed by atoms with Crippen molar-refractivity contribution >= 4 is 27.5 Å². The monoisotopic (exact) mass is 437 g/mol. The summed E-state index contributed by atoms with van der Waals surface area (Å²) in [5, 5.41) is 2.74. The lowest BCUT2D eigenvalue weighted by atomic mass is 9.96. The van der Waals surface area contributed by atoms with E-state index in [1.54, 1.807) is 24.8 Å². The average Bonchev–Trinajstić information content (AvgIpc) is 2.72. The number of unbranched alkanes of at least 4 members (excludes halogenated alkanes) is 1. The lowest BCUT2D eigenvalue weighted by Gasteiger charge is -2.33. The van der Waals surface area contributed by atoms with E-state index in [1.165, 1.54) is 10.4 Å². The average molecular weight is 438 g/mol. The van der Waals surface area contributed by atoms with E-state index in [9.17, 15) is 18.0 Å². The number of carbonyl (C=O) groups excluding carboxylic acids is 2. The summed E-state index contributed by atoms with van der Waals surface area (Å²) >= 11 is 0. The number of amides is 2. The highest BCUT2D eigenvalue weighted by atomic mass is 32.2. The number of carbonyl (C=O) groups is 2. The summed E-state index contributed by atoms with van der Waals surface area (Å²) in [5.41, 5.74) is 1.03. The van der Waals surface area contributed by atoms with Crippen LogP contribution in [0.1, 0.15) is 45.1 Å². The minimum absolute atomic E-state index is 0.101. The quantitative estimate of drug-likeness (QED) is 0.737. The molecule has 0 spiro atoms. The lowest BCUT2D eigenvalue weighted by molar-refractivity contribution is -0.135. The zero-order valence-electron chi connectivity index (χ0n) is 18.1. The molecule has 0 aliphatic carbocycles. The van der Waals surface area contributed by atoms with Crippen LogP contribution in [0.4, 0.5) is 5.69 Å². The maximum absolute atomic E-state index is 13.3. The SMILES string of the molecule is CCCCN(C)C(=O)C1CCN(S(=O)(=O)c2cc3c(cc2C)NC(=O)C(C)O3)CC1. The van der Waals surface area contributed by atoms with Crippen molar-refractivity contribution < 1.29 is 22.7 Å². The van der Waals surface area contributed by atoms with Crippen molar-refractivity contribution in [2.75, 3.05) is 32.0 Å². The van der Waals surface area contributed by atoms with Crippen LogP contribution in [-0.4, -0.2) is 62.2 Å². The molecule has 1 unspecified atom stereocenters. The number of hydrogen-bond acceptors (Lipinski definition) is 5. The van der Waals surface area contributed by atoms with Crippen molar-refractivity contribution in [2.45, 2.75) is 57.5 Å². The van der Waals surface area contributed by atoms with Gasteiger partial charge in [0.25, 0.3) is 5.91 Å². The number of aryl methyl sites for hydroxylation is 1. The second kappa shape index (κ2) is 8.93. The first kappa shape index (κ1) is 22.6. The maximum atomic E-state index is 13.3. The summed E-state index contributed by atoms with van der Waals surface area (Å²) < 4.78 is 33.6. The van der Waals surface area contributed by atoms with E-state index in [2.05, 4.69) is 12.2 Å². The first-order valence-electron chi connectivity index (χ1n) is 10.5. The van der Waals surface area contributed by atoms with Crippen LogP contribution in [0.15, 0.2) is 17.0 Å². The molecule has 0 bridgehead atoms. The minimum atomic E-state index is -3.73. The summed E-state index contributed by atoms with van der Waals surface area (Å²) in [7, 11) is -1.91. The number of rotatable bonds is 6. The van der Waals surface area contributed by atoms with Crippen LogP contribution < -0.4 is 10.1 Å². The predicted octanol–water partition coefficient (Wildman–Crippen LogP) is 2.37. The van der Waals surface area contributed by atoms with Crippen molar-refractivity contribution in [3.8, 4) is 5.75 Å². The molecule has 2 aliphatic heterocycles. The molecule has 2 amide bonds. The highest BCUT2D eigenvalue weighted by Gasteiger charge is 2.35. The Kier molecular flexibility index (Phi) is 6.71. The zero-order chi connectivity index (χ0) is 22.1. The van der Waals surface area contributed by atoms with E-state index in [-0.39, 0.29) is 22.6 Å². The number of ether oxygens (including phenoxy) is 1. The van der Waals surface area contributed by atoms with E-state index in [1.807, 2.05) is 7.05 Å². The van der Waals surface area contributed by atoms with Gasteiger partial charge in [-0.05, 0) is 44.7 Å². The summed E-state index contributed by atoms with van der Waals surface area (Å²) in [6.07, 6.45) is 2.35. The first-order chi connectivity index (χ1) is 14.1. The molecular formula is C21H31N3O5S. The molecule has 1 atom stereocenters. The van der Waals surface area contributed by atoms with Gasteiger partial charge >= 0.3 is 0 Å². The number of benzene rings is 1. The fourth-order valence-electron chi connectivity index (χ4n) is 3.92. The Hall–Kier alpha value is -2.13. The largest absolute Gasteiger partial charge is 0.479 e. The molecule has 0 radical (unpaired) electrons. The summed E-state index contributed by atoms with van der Waals surface area (Å²) in [4.78, 5) is 26.3. The highest BCUT2D eigenvalue weighted by molar-refractivity contribution is 7.89. The Morgan fingerprint density at radius 3 is 2.60 bits per heavy atom. The van der Waals surface area contributed by atoms with E-state index < -0.39 is 16.1 Å². The van der Waals surface area contributed by atoms with Crippen molar-refractivity contribution in [3.63, 3.8) is 0 Å². The third-order valence-corrected chi connectivity index (χ3v) is 7.89. The molecule has 8 nitrogen and oxygen atoms in total. The highest BCUT2D eigenvalue weighted by Crippen LogP contribution is 2.36. The van der Waals surface area contributed by atoms with Crippen molar-refractivity contribution in [1.82, 2.24) is 9.21 Å². The number of piperidine rings is 1. The molecule has 2 aliphatic rings. The Morgan fingerprint density at radius 1 is 1.30 bits per heavy atom. The third-order valence-electron chi connectivity index (χ3n) is 5.85. The zero-order valence-corrected chi connectivity index (χ0v) is 18.9. The van der Waals surface area contributed by atoms with Crippen LogP contribution in [0, 0.1) is 12.8 Å². The molecule has 1 saturated heterocycles. The van der Waals surface area contributed by atoms with Gasteiger partial charge in [-0.1, -0.05) is 13.3 Å². The number of hydrogen-bond donors (Lipinski definition) is 1. The van der Waals surface area contributed by atoms with Crippen molar-refractivity contribution in [3.05, 3.63) is 17.7 Å². The van der Waals surface area contributed by atoms with Crippen LogP contribution in [0.3, 0.4) is 0 Å². The Bertz CT molecular complexity index is 923. The Labute approximate surface area is 178 Å². The van der Waals surface area contributed by atoms with E-state index in [4.69, 9.17) is 4.74 Å². The van der Waals surface area contributed by atoms with Gasteiger partial charge < -0.3 is 15.0 Å². The molecule has 3 rings (SSSR count). The van der Waals surface area contributed by atoms with Gasteiger partial charge in [0.2, 0.25) is 15.9 Å². The molecule has 30 heavy (non-hydrogen) atoms. The number of nitrogens with zero attached hydrogens (tertiary/aromatic N) is 2. The predicted molar refractivity (Wildman–Crippen MR) is 114 cm³/mol. The molecule has 2 heterocycles. The van der Waals surface area contributed by atoms with E-state index >= 15 is 0 Å². The standard InChI is InChI=1S/C21H31N3O5S/c1-5-6-9-23(4)21(26)16-7-10-24(11-8-16)30(27,28)19-13-18-17(12-14(19)2)22-20(25)15(3)29-18/h12-13,15-16H,5-11H2,1-4H3,(H,22,25). The van der Waals surface area contributed by atoms with Gasteiger partial charge in [0.05, 0.1) is 10.6 Å². The molecule has 1 aromatic carbocycles. The number of sulfonamides is 1. The van der Waals surface area contributed by atoms with E-state index in [0.717, 1.165) is 19.4 Å². The maximum Gasteiger partial charge on any atom is 0.265 e. The molecular weight excluding hydrogens is 406 g/mol. The smallest absolute Gasteiger partial charge is 0.265 e. The molecule has 1 N–H and O–H groups in total. The summed E-state index contributed by atoms with van der Waals surface area (Å²) in [6, 6.07) is 3.12. The van der Waals surface area contributed by atoms with Gasteiger partial charge in [0.1, 0.15) is 5.75 Å². The third kappa shape index (κ3) is 4.46. The van der Waals surface area contributed by atoms with Gasteiger partial charge in [0.15, 0.2) is 6.10 Å². The molecule has 0 aromatic heterocycles. The molecule has 0 saturated carbocycles. The van der Waals surface area contributed by atoms with Crippen LogP contribution >= 0.6 is 0 Å². The van der Waals surface area contributed by atoms with Crippen LogP contribution in [0.5, 0.6) is 5.75 Å². The Balaban J connectivity index is 1.72.